The van der Waals surface area contributed by atoms with Gasteiger partial charge in [-0.3, -0.25) is 0 Å². The zero-order valence-electron chi connectivity index (χ0n) is 11.5. The molecule has 5 nitrogen and oxygen atoms in total. The Hall–Kier alpha value is -2.76. The number of aromatic nitrogens is 4. The fraction of sp³-hybridized carbons (Fsp3) is 0.133. The first kappa shape index (κ1) is 13.2. The average Bonchev–Trinajstić information content (AvgIpc) is 2.88. The van der Waals surface area contributed by atoms with E-state index in [1.54, 1.807) is 28.9 Å². The van der Waals surface area contributed by atoms with E-state index < -0.39 is 0 Å². The summed E-state index contributed by atoms with van der Waals surface area (Å²) >= 11 is 0. The fourth-order valence-electron chi connectivity index (χ4n) is 2.25. The number of anilines is 1. The summed E-state index contributed by atoms with van der Waals surface area (Å²) < 4.78 is 15.3. The Morgan fingerprint density at radius 2 is 2.00 bits per heavy atom. The molecule has 0 spiro atoms. The van der Waals surface area contributed by atoms with Crippen molar-refractivity contribution in [3.05, 3.63) is 59.4 Å². The van der Waals surface area contributed by atoms with Gasteiger partial charge in [0.1, 0.15) is 5.82 Å². The lowest BCUT2D eigenvalue weighted by Gasteiger charge is -2.07. The highest BCUT2D eigenvalue weighted by atomic mass is 19.1. The second kappa shape index (κ2) is 5.32. The number of hydrogen-bond donors (Lipinski definition) is 1. The van der Waals surface area contributed by atoms with Crippen LogP contribution in [0.3, 0.4) is 0 Å². The normalized spacial score (nSPS) is 10.8. The van der Waals surface area contributed by atoms with Crippen molar-refractivity contribution in [3.63, 3.8) is 0 Å². The highest BCUT2D eigenvalue weighted by Gasteiger charge is 2.12. The fourth-order valence-corrected chi connectivity index (χ4v) is 2.25. The number of rotatable bonds is 3. The van der Waals surface area contributed by atoms with Crippen molar-refractivity contribution in [3.8, 4) is 11.4 Å². The van der Waals surface area contributed by atoms with Crippen molar-refractivity contribution in [2.75, 3.05) is 5.73 Å². The van der Waals surface area contributed by atoms with Crippen molar-refractivity contribution in [2.24, 2.45) is 0 Å². The number of aryl methyl sites for hydroxylation is 1. The first-order valence-corrected chi connectivity index (χ1v) is 6.50. The van der Waals surface area contributed by atoms with Gasteiger partial charge in [0.25, 0.3) is 0 Å². The molecule has 0 amide bonds. The van der Waals surface area contributed by atoms with Crippen LogP contribution in [-0.2, 0) is 6.54 Å². The van der Waals surface area contributed by atoms with E-state index in [0.717, 1.165) is 11.1 Å². The van der Waals surface area contributed by atoms with E-state index in [9.17, 15) is 4.39 Å². The van der Waals surface area contributed by atoms with Crippen LogP contribution in [0.25, 0.3) is 11.4 Å². The van der Waals surface area contributed by atoms with Gasteiger partial charge in [-0.05, 0) is 47.2 Å². The Balaban J connectivity index is 1.99. The smallest absolute Gasteiger partial charge is 0.182 e. The van der Waals surface area contributed by atoms with Crippen LogP contribution in [-0.4, -0.2) is 20.2 Å². The molecule has 0 saturated carbocycles. The van der Waals surface area contributed by atoms with E-state index in [4.69, 9.17) is 5.73 Å². The number of nitrogens with two attached hydrogens (primary N) is 1. The zero-order valence-corrected chi connectivity index (χ0v) is 11.5. The molecule has 0 saturated heterocycles. The maximum Gasteiger partial charge on any atom is 0.182 e. The molecule has 21 heavy (non-hydrogen) atoms. The van der Waals surface area contributed by atoms with Gasteiger partial charge in [-0.1, -0.05) is 18.2 Å². The highest BCUT2D eigenvalue weighted by Crippen LogP contribution is 2.21. The molecule has 0 fully saturated rings. The van der Waals surface area contributed by atoms with Crippen LogP contribution in [0.5, 0.6) is 0 Å². The van der Waals surface area contributed by atoms with Crippen molar-refractivity contribution < 1.29 is 4.39 Å². The van der Waals surface area contributed by atoms with Crippen LogP contribution in [0, 0.1) is 12.7 Å². The van der Waals surface area contributed by atoms with E-state index >= 15 is 0 Å². The number of tetrazole rings is 1. The third-order valence-electron chi connectivity index (χ3n) is 3.17. The summed E-state index contributed by atoms with van der Waals surface area (Å²) in [6, 6.07) is 12.2. The molecule has 2 N–H and O–H groups in total. The van der Waals surface area contributed by atoms with Crippen LogP contribution in [0.2, 0.25) is 0 Å². The largest absolute Gasteiger partial charge is 0.399 e. The van der Waals surface area contributed by atoms with Gasteiger partial charge in [0.15, 0.2) is 5.82 Å². The van der Waals surface area contributed by atoms with Crippen LogP contribution < -0.4 is 5.73 Å². The van der Waals surface area contributed by atoms with E-state index in [2.05, 4.69) is 15.5 Å². The molecule has 0 aliphatic rings. The maximum absolute atomic E-state index is 13.7. The summed E-state index contributed by atoms with van der Waals surface area (Å²) in [7, 11) is 0. The molecule has 0 atom stereocenters. The van der Waals surface area contributed by atoms with Crippen LogP contribution in [0.15, 0.2) is 42.5 Å². The van der Waals surface area contributed by atoms with Crippen molar-refractivity contribution in [1.29, 1.82) is 0 Å². The Labute approximate surface area is 121 Å². The first-order chi connectivity index (χ1) is 10.1. The van der Waals surface area contributed by atoms with Gasteiger partial charge in [-0.2, -0.15) is 0 Å². The molecule has 2 aromatic carbocycles. The summed E-state index contributed by atoms with van der Waals surface area (Å²) in [5, 5.41) is 11.6. The Kier molecular flexibility index (Phi) is 3.35. The molecule has 0 aliphatic carbocycles. The van der Waals surface area contributed by atoms with Crippen LogP contribution in [0.1, 0.15) is 11.1 Å². The Morgan fingerprint density at radius 3 is 2.76 bits per heavy atom. The quantitative estimate of drug-likeness (QED) is 0.749. The molecule has 1 aromatic heterocycles. The maximum atomic E-state index is 13.7. The molecule has 0 bridgehead atoms. The van der Waals surface area contributed by atoms with Crippen molar-refractivity contribution >= 4 is 5.69 Å². The lowest BCUT2D eigenvalue weighted by Crippen LogP contribution is -2.06. The highest BCUT2D eigenvalue weighted by molar-refractivity contribution is 5.62. The minimum absolute atomic E-state index is 0.267. The number of nitrogen functional groups attached to an aromatic ring is 1. The Bertz CT molecular complexity index is 761. The summed E-state index contributed by atoms with van der Waals surface area (Å²) in [5.41, 5.74) is 8.86. The van der Waals surface area contributed by atoms with Gasteiger partial charge >= 0.3 is 0 Å². The third kappa shape index (κ3) is 2.74. The zero-order chi connectivity index (χ0) is 14.8. The molecular weight excluding hydrogens is 269 g/mol. The molecular formula is C15H14FN5. The summed E-state index contributed by atoms with van der Waals surface area (Å²) in [4.78, 5) is 0. The van der Waals surface area contributed by atoms with E-state index in [1.165, 1.54) is 6.07 Å². The third-order valence-corrected chi connectivity index (χ3v) is 3.17. The van der Waals surface area contributed by atoms with Gasteiger partial charge < -0.3 is 5.73 Å². The minimum Gasteiger partial charge on any atom is -0.399 e. The number of nitrogens with zero attached hydrogens (tertiary/aromatic N) is 4. The molecule has 3 aromatic rings. The molecule has 106 valence electrons. The van der Waals surface area contributed by atoms with Gasteiger partial charge in [0.05, 0.1) is 6.54 Å². The lowest BCUT2D eigenvalue weighted by molar-refractivity contribution is 0.579. The second-order valence-electron chi connectivity index (χ2n) is 4.88. The molecule has 1 heterocycles. The number of hydrogen-bond acceptors (Lipinski definition) is 4. The number of halogens is 1. The summed E-state index contributed by atoms with van der Waals surface area (Å²) in [6.45, 7) is 2.22. The molecule has 0 unspecified atom stereocenters. The van der Waals surface area contributed by atoms with Gasteiger partial charge in [0.2, 0.25) is 0 Å². The summed E-state index contributed by atoms with van der Waals surface area (Å²) in [5.74, 6) is 0.288. The van der Waals surface area contributed by atoms with Crippen molar-refractivity contribution in [1.82, 2.24) is 20.2 Å². The summed E-state index contributed by atoms with van der Waals surface area (Å²) in [6.07, 6.45) is 0. The van der Waals surface area contributed by atoms with Crippen LogP contribution in [0.4, 0.5) is 10.1 Å². The van der Waals surface area contributed by atoms with Crippen molar-refractivity contribution in [2.45, 2.75) is 13.5 Å². The number of benzene rings is 2. The average molecular weight is 283 g/mol. The van der Waals surface area contributed by atoms with Gasteiger partial charge in [-0.15, -0.1) is 5.10 Å². The predicted molar refractivity (Wildman–Crippen MR) is 77.9 cm³/mol. The first-order valence-electron chi connectivity index (χ1n) is 6.50. The minimum atomic E-state index is -0.275. The van der Waals surface area contributed by atoms with E-state index in [1.807, 2.05) is 19.1 Å². The van der Waals surface area contributed by atoms with E-state index in [0.29, 0.717) is 17.1 Å². The second-order valence-corrected chi connectivity index (χ2v) is 4.88. The topological polar surface area (TPSA) is 69.6 Å². The van der Waals surface area contributed by atoms with Crippen LogP contribution >= 0.6 is 0 Å². The van der Waals surface area contributed by atoms with E-state index in [-0.39, 0.29) is 12.4 Å². The molecule has 0 aliphatic heterocycles. The SMILES string of the molecule is Cc1cc(N)cc(-c2nnnn2Cc2ccccc2F)c1. The predicted octanol–water partition coefficient (Wildman–Crippen LogP) is 2.42. The molecule has 6 heteroatoms. The molecule has 0 radical (unpaired) electrons. The monoisotopic (exact) mass is 283 g/mol. The van der Waals surface area contributed by atoms with Gasteiger partial charge in [0, 0.05) is 16.8 Å². The Morgan fingerprint density at radius 1 is 1.19 bits per heavy atom. The lowest BCUT2D eigenvalue weighted by atomic mass is 10.1. The molecule has 3 rings (SSSR count). The standard InChI is InChI=1S/C15H14FN5/c1-10-6-12(8-13(17)7-10)15-18-19-20-21(15)9-11-4-2-3-5-14(11)16/h2-8H,9,17H2,1H3. The van der Waals surface area contributed by atoms with Gasteiger partial charge in [-0.25, -0.2) is 9.07 Å².